The summed E-state index contributed by atoms with van der Waals surface area (Å²) in [5, 5.41) is 3.48. The molecule has 1 saturated heterocycles. The Hall–Kier alpha value is -0.380. The average Bonchev–Trinajstić information content (AvgIpc) is 3.01. The molecular formula is C14H19BrN2. The molecule has 17 heavy (non-hydrogen) atoms. The van der Waals surface area contributed by atoms with E-state index < -0.39 is 0 Å². The largest absolute Gasteiger partial charge is 0.315 e. The minimum atomic E-state index is 0.751. The van der Waals surface area contributed by atoms with Gasteiger partial charge in [0.05, 0.1) is 0 Å². The first-order chi connectivity index (χ1) is 8.33. The Balaban J connectivity index is 1.71. The number of nitrogens with one attached hydrogen (secondary N) is 1. The molecule has 92 valence electrons. The number of halogens is 1. The fourth-order valence-corrected chi connectivity index (χ4v) is 3.18. The summed E-state index contributed by atoms with van der Waals surface area (Å²) in [7, 11) is 0. The number of nitrogens with zero attached hydrogens (tertiary/aromatic N) is 1. The number of hydrogen-bond acceptors (Lipinski definition) is 2. The van der Waals surface area contributed by atoms with Crippen molar-refractivity contribution >= 4 is 15.9 Å². The Kier molecular flexibility index (Phi) is 3.50. The van der Waals surface area contributed by atoms with E-state index in [0.717, 1.165) is 18.6 Å². The highest BCUT2D eigenvalue weighted by Gasteiger charge is 2.34. The zero-order chi connectivity index (χ0) is 11.7. The Morgan fingerprint density at radius 3 is 2.76 bits per heavy atom. The Morgan fingerprint density at radius 2 is 2.12 bits per heavy atom. The molecule has 1 aliphatic heterocycles. The molecule has 0 bridgehead atoms. The summed E-state index contributed by atoms with van der Waals surface area (Å²) in [6.07, 6.45) is 4.10. The molecule has 3 heteroatoms. The zero-order valence-electron chi connectivity index (χ0n) is 10.0. The summed E-state index contributed by atoms with van der Waals surface area (Å²) in [5.41, 5.74) is 1.43. The molecule has 1 aromatic carbocycles. The topological polar surface area (TPSA) is 15.3 Å². The third-order valence-corrected chi connectivity index (χ3v) is 4.27. The minimum absolute atomic E-state index is 0.751. The van der Waals surface area contributed by atoms with E-state index in [9.17, 15) is 0 Å². The van der Waals surface area contributed by atoms with Gasteiger partial charge in [0.15, 0.2) is 0 Å². The molecule has 2 fully saturated rings. The second-order valence-corrected chi connectivity index (χ2v) is 6.10. The van der Waals surface area contributed by atoms with Crippen LogP contribution in [-0.2, 0) is 6.54 Å². The molecule has 0 aromatic heterocycles. The van der Waals surface area contributed by atoms with Gasteiger partial charge in [-0.2, -0.15) is 0 Å². The van der Waals surface area contributed by atoms with E-state index in [-0.39, 0.29) is 0 Å². The van der Waals surface area contributed by atoms with Gasteiger partial charge in [-0.15, -0.1) is 0 Å². The van der Waals surface area contributed by atoms with Gasteiger partial charge in [0.1, 0.15) is 0 Å². The summed E-state index contributed by atoms with van der Waals surface area (Å²) >= 11 is 3.56. The van der Waals surface area contributed by atoms with E-state index in [4.69, 9.17) is 0 Å². The lowest BCUT2D eigenvalue weighted by molar-refractivity contribution is 0.189. The highest BCUT2D eigenvalue weighted by molar-refractivity contribution is 9.10. The molecule has 1 N–H and O–H groups in total. The van der Waals surface area contributed by atoms with Crippen molar-refractivity contribution < 1.29 is 0 Å². The van der Waals surface area contributed by atoms with E-state index in [0.29, 0.717) is 0 Å². The van der Waals surface area contributed by atoms with E-state index >= 15 is 0 Å². The number of hydrogen-bond donors (Lipinski definition) is 1. The van der Waals surface area contributed by atoms with Crippen LogP contribution in [0.5, 0.6) is 0 Å². The predicted octanol–water partition coefficient (Wildman–Crippen LogP) is 2.78. The molecule has 0 amide bonds. The smallest absolute Gasteiger partial charge is 0.0240 e. The van der Waals surface area contributed by atoms with Gasteiger partial charge in [-0.1, -0.05) is 28.1 Å². The molecule has 1 aromatic rings. The molecule has 1 unspecified atom stereocenters. The maximum Gasteiger partial charge on any atom is 0.0240 e. The van der Waals surface area contributed by atoms with E-state index in [1.54, 1.807) is 0 Å². The number of rotatable bonds is 4. The normalized spacial score (nSPS) is 24.5. The van der Waals surface area contributed by atoms with Crippen LogP contribution >= 0.6 is 15.9 Å². The van der Waals surface area contributed by atoms with Gasteiger partial charge in [-0.05, 0) is 43.5 Å². The second kappa shape index (κ2) is 5.09. The van der Waals surface area contributed by atoms with Gasteiger partial charge >= 0.3 is 0 Å². The molecule has 2 aliphatic rings. The standard InChI is InChI=1S/C14H19BrN2/c15-12-3-1-2-11(8-12)10-17(13-4-5-13)14-6-7-16-9-14/h1-3,8,13-14,16H,4-7,9-10H2. The van der Waals surface area contributed by atoms with Crippen molar-refractivity contribution in [1.29, 1.82) is 0 Å². The highest BCUT2D eigenvalue weighted by atomic mass is 79.9. The maximum atomic E-state index is 3.56. The van der Waals surface area contributed by atoms with Crippen LogP contribution < -0.4 is 5.32 Å². The van der Waals surface area contributed by atoms with Crippen molar-refractivity contribution in [3.8, 4) is 0 Å². The van der Waals surface area contributed by atoms with Crippen molar-refractivity contribution in [2.45, 2.75) is 37.9 Å². The molecule has 2 nitrogen and oxygen atoms in total. The third-order valence-electron chi connectivity index (χ3n) is 3.77. The molecule has 1 aliphatic carbocycles. The van der Waals surface area contributed by atoms with Gasteiger partial charge in [-0.25, -0.2) is 0 Å². The van der Waals surface area contributed by atoms with Crippen molar-refractivity contribution in [3.05, 3.63) is 34.3 Å². The first-order valence-electron chi connectivity index (χ1n) is 6.54. The molecule has 0 spiro atoms. The molecule has 1 atom stereocenters. The van der Waals surface area contributed by atoms with Gasteiger partial charge in [0.2, 0.25) is 0 Å². The summed E-state index contributed by atoms with van der Waals surface area (Å²) < 4.78 is 1.19. The molecular weight excluding hydrogens is 276 g/mol. The fourth-order valence-electron chi connectivity index (χ4n) is 2.73. The maximum absolute atomic E-state index is 3.56. The highest BCUT2D eigenvalue weighted by Crippen LogP contribution is 2.32. The third kappa shape index (κ3) is 2.90. The molecule has 0 radical (unpaired) electrons. The predicted molar refractivity (Wildman–Crippen MR) is 74.0 cm³/mol. The lowest BCUT2D eigenvalue weighted by Gasteiger charge is -2.28. The summed E-state index contributed by atoms with van der Waals surface area (Å²) in [6, 6.07) is 10.3. The van der Waals surface area contributed by atoms with E-state index in [2.05, 4.69) is 50.4 Å². The van der Waals surface area contributed by atoms with Crippen molar-refractivity contribution in [1.82, 2.24) is 10.2 Å². The van der Waals surface area contributed by atoms with Crippen LogP contribution in [0.3, 0.4) is 0 Å². The van der Waals surface area contributed by atoms with Gasteiger partial charge in [-0.3, -0.25) is 4.90 Å². The van der Waals surface area contributed by atoms with Crippen LogP contribution in [0.2, 0.25) is 0 Å². The molecule has 1 heterocycles. The quantitative estimate of drug-likeness (QED) is 0.919. The summed E-state index contributed by atoms with van der Waals surface area (Å²) in [5.74, 6) is 0. The minimum Gasteiger partial charge on any atom is -0.315 e. The Morgan fingerprint density at radius 1 is 1.24 bits per heavy atom. The van der Waals surface area contributed by atoms with Crippen molar-refractivity contribution in [2.75, 3.05) is 13.1 Å². The Labute approximate surface area is 112 Å². The van der Waals surface area contributed by atoms with Crippen LogP contribution in [0.4, 0.5) is 0 Å². The van der Waals surface area contributed by atoms with Gasteiger partial charge < -0.3 is 5.32 Å². The number of benzene rings is 1. The monoisotopic (exact) mass is 294 g/mol. The van der Waals surface area contributed by atoms with Crippen molar-refractivity contribution in [2.24, 2.45) is 0 Å². The average molecular weight is 295 g/mol. The van der Waals surface area contributed by atoms with Gasteiger partial charge in [0, 0.05) is 29.6 Å². The van der Waals surface area contributed by atoms with Crippen LogP contribution in [0, 0.1) is 0 Å². The van der Waals surface area contributed by atoms with Crippen LogP contribution in [0.25, 0.3) is 0 Å². The zero-order valence-corrected chi connectivity index (χ0v) is 11.6. The first-order valence-corrected chi connectivity index (χ1v) is 7.33. The first kappa shape index (κ1) is 11.7. The SMILES string of the molecule is Brc1cccc(CN(C2CC2)C2CCNC2)c1. The lowest BCUT2D eigenvalue weighted by atomic mass is 10.1. The second-order valence-electron chi connectivity index (χ2n) is 5.18. The summed E-state index contributed by atoms with van der Waals surface area (Å²) in [4.78, 5) is 2.71. The van der Waals surface area contributed by atoms with Crippen LogP contribution in [0.1, 0.15) is 24.8 Å². The van der Waals surface area contributed by atoms with E-state index in [1.165, 1.54) is 42.4 Å². The fraction of sp³-hybridized carbons (Fsp3) is 0.571. The van der Waals surface area contributed by atoms with Crippen LogP contribution in [-0.4, -0.2) is 30.1 Å². The van der Waals surface area contributed by atoms with Gasteiger partial charge in [0.25, 0.3) is 0 Å². The molecule has 3 rings (SSSR count). The van der Waals surface area contributed by atoms with Crippen LogP contribution in [0.15, 0.2) is 28.7 Å². The Bertz CT molecular complexity index is 384. The van der Waals surface area contributed by atoms with E-state index in [1.807, 2.05) is 0 Å². The lowest BCUT2D eigenvalue weighted by Crippen LogP contribution is -2.38. The van der Waals surface area contributed by atoms with Crippen molar-refractivity contribution in [3.63, 3.8) is 0 Å². The molecule has 1 saturated carbocycles. The summed E-state index contributed by atoms with van der Waals surface area (Å²) in [6.45, 7) is 3.47.